The van der Waals surface area contributed by atoms with Crippen molar-refractivity contribution in [1.29, 1.82) is 0 Å². The van der Waals surface area contributed by atoms with Crippen LogP contribution in [0.25, 0.3) is 11.0 Å². The van der Waals surface area contributed by atoms with E-state index in [4.69, 9.17) is 39.3 Å². The van der Waals surface area contributed by atoms with Gasteiger partial charge in [-0.25, -0.2) is 4.98 Å². The minimum atomic E-state index is 0.418. The Morgan fingerprint density at radius 2 is 1.95 bits per heavy atom. The summed E-state index contributed by atoms with van der Waals surface area (Å²) in [5.41, 5.74) is 1.63. The molecule has 0 unspecified atom stereocenters. The predicted molar refractivity (Wildman–Crippen MR) is 82.3 cm³/mol. The Balaban J connectivity index is 2.12. The van der Waals surface area contributed by atoms with E-state index >= 15 is 0 Å². The quantitative estimate of drug-likeness (QED) is 0.674. The van der Waals surface area contributed by atoms with Gasteiger partial charge < -0.3 is 9.09 Å². The molecule has 110 valence electrons. The SMILES string of the molecule is Cc1noc(Cn2c(CCCl)nc3cc(Cl)c(Cl)cc32)n1. The fraction of sp³-hybridized carbons (Fsp3) is 0.308. The highest BCUT2D eigenvalue weighted by molar-refractivity contribution is 6.42. The second-order valence-corrected chi connectivity index (χ2v) is 5.74. The average Bonchev–Trinajstić information content (AvgIpc) is 2.97. The molecule has 0 N–H and O–H groups in total. The minimum absolute atomic E-state index is 0.418. The number of benzene rings is 1. The number of aromatic nitrogens is 4. The van der Waals surface area contributed by atoms with Crippen molar-refractivity contribution >= 4 is 45.8 Å². The zero-order chi connectivity index (χ0) is 15.0. The van der Waals surface area contributed by atoms with Crippen LogP contribution in [0.5, 0.6) is 0 Å². The van der Waals surface area contributed by atoms with Crippen LogP contribution in [0.1, 0.15) is 17.5 Å². The van der Waals surface area contributed by atoms with E-state index in [-0.39, 0.29) is 0 Å². The third-order valence-electron chi connectivity index (χ3n) is 3.05. The summed E-state index contributed by atoms with van der Waals surface area (Å²) in [6, 6.07) is 3.53. The Morgan fingerprint density at radius 3 is 2.62 bits per heavy atom. The summed E-state index contributed by atoms with van der Waals surface area (Å²) in [6.07, 6.45) is 0.624. The summed E-state index contributed by atoms with van der Waals surface area (Å²) in [5.74, 6) is 2.39. The van der Waals surface area contributed by atoms with E-state index in [0.29, 0.717) is 40.6 Å². The first-order valence-corrected chi connectivity index (χ1v) is 7.57. The number of nitrogens with zero attached hydrogens (tertiary/aromatic N) is 4. The molecule has 0 spiro atoms. The lowest BCUT2D eigenvalue weighted by molar-refractivity contribution is 0.367. The van der Waals surface area contributed by atoms with E-state index in [1.54, 1.807) is 19.1 Å². The van der Waals surface area contributed by atoms with Gasteiger partial charge in [0.1, 0.15) is 12.4 Å². The molecule has 0 radical (unpaired) electrons. The molecule has 0 fully saturated rings. The van der Waals surface area contributed by atoms with Gasteiger partial charge in [-0.05, 0) is 19.1 Å². The lowest BCUT2D eigenvalue weighted by Crippen LogP contribution is -2.06. The van der Waals surface area contributed by atoms with Gasteiger partial charge >= 0.3 is 0 Å². The molecular weight excluding hydrogens is 335 g/mol. The molecule has 0 atom stereocenters. The van der Waals surface area contributed by atoms with Gasteiger partial charge in [0.15, 0.2) is 5.82 Å². The molecule has 3 rings (SSSR count). The van der Waals surface area contributed by atoms with Crippen molar-refractivity contribution in [2.75, 3.05) is 5.88 Å². The van der Waals surface area contributed by atoms with Crippen LogP contribution in [0.2, 0.25) is 10.0 Å². The van der Waals surface area contributed by atoms with Crippen molar-refractivity contribution in [2.45, 2.75) is 19.9 Å². The molecular formula is C13H11Cl3N4O. The summed E-state index contributed by atoms with van der Waals surface area (Å²) >= 11 is 18.0. The molecule has 21 heavy (non-hydrogen) atoms. The third kappa shape index (κ3) is 2.86. The first kappa shape index (κ1) is 14.6. The molecule has 5 nitrogen and oxygen atoms in total. The smallest absolute Gasteiger partial charge is 0.246 e. The van der Waals surface area contributed by atoms with Gasteiger partial charge in [-0.15, -0.1) is 11.6 Å². The highest BCUT2D eigenvalue weighted by Crippen LogP contribution is 2.29. The van der Waals surface area contributed by atoms with Crippen LogP contribution in [0.15, 0.2) is 16.7 Å². The molecule has 0 amide bonds. The molecule has 3 aromatic rings. The first-order chi connectivity index (χ1) is 10.1. The standard InChI is InChI=1S/C13H11Cl3N4O/c1-7-17-13(21-19-7)6-20-11-5-9(16)8(15)4-10(11)18-12(20)2-3-14/h4-5H,2-3,6H2,1H3. The summed E-state index contributed by atoms with van der Waals surface area (Å²) in [6.45, 7) is 2.19. The van der Waals surface area contributed by atoms with Crippen LogP contribution in [-0.4, -0.2) is 25.6 Å². The first-order valence-electron chi connectivity index (χ1n) is 6.28. The van der Waals surface area contributed by atoms with Crippen LogP contribution in [0.4, 0.5) is 0 Å². The number of imidazole rings is 1. The summed E-state index contributed by atoms with van der Waals surface area (Å²) < 4.78 is 7.14. The highest BCUT2D eigenvalue weighted by Gasteiger charge is 2.15. The molecule has 0 saturated carbocycles. The maximum absolute atomic E-state index is 6.10. The largest absolute Gasteiger partial charge is 0.337 e. The molecule has 0 bridgehead atoms. The molecule has 0 aliphatic rings. The van der Waals surface area contributed by atoms with Gasteiger partial charge in [0, 0.05) is 12.3 Å². The topological polar surface area (TPSA) is 56.7 Å². The normalized spacial score (nSPS) is 11.4. The Morgan fingerprint density at radius 1 is 1.19 bits per heavy atom. The van der Waals surface area contributed by atoms with Crippen LogP contribution in [-0.2, 0) is 13.0 Å². The molecule has 0 aliphatic carbocycles. The van der Waals surface area contributed by atoms with Crippen molar-refractivity contribution in [2.24, 2.45) is 0 Å². The van der Waals surface area contributed by atoms with Gasteiger partial charge in [0.2, 0.25) is 5.89 Å². The second kappa shape index (κ2) is 5.83. The monoisotopic (exact) mass is 344 g/mol. The van der Waals surface area contributed by atoms with Crippen molar-refractivity contribution in [3.8, 4) is 0 Å². The van der Waals surface area contributed by atoms with Gasteiger partial charge in [-0.1, -0.05) is 28.4 Å². The van der Waals surface area contributed by atoms with E-state index in [2.05, 4.69) is 15.1 Å². The molecule has 0 saturated heterocycles. The fourth-order valence-corrected chi connectivity index (χ4v) is 2.65. The lowest BCUT2D eigenvalue weighted by Gasteiger charge is -2.05. The Kier molecular flexibility index (Phi) is 4.06. The molecule has 8 heteroatoms. The van der Waals surface area contributed by atoms with Crippen LogP contribution in [0, 0.1) is 6.92 Å². The van der Waals surface area contributed by atoms with E-state index in [1.807, 2.05) is 4.57 Å². The Labute approximate surface area is 135 Å². The number of halogens is 3. The van der Waals surface area contributed by atoms with Crippen LogP contribution >= 0.6 is 34.8 Å². The highest BCUT2D eigenvalue weighted by atomic mass is 35.5. The summed E-state index contributed by atoms with van der Waals surface area (Å²) in [7, 11) is 0. The van der Waals surface area contributed by atoms with E-state index in [0.717, 1.165) is 16.9 Å². The molecule has 1 aromatic carbocycles. The van der Waals surface area contributed by atoms with E-state index in [1.165, 1.54) is 0 Å². The van der Waals surface area contributed by atoms with Crippen molar-refractivity contribution in [3.05, 3.63) is 39.7 Å². The van der Waals surface area contributed by atoms with E-state index in [9.17, 15) is 0 Å². The van der Waals surface area contributed by atoms with Gasteiger partial charge in [-0.3, -0.25) is 0 Å². The number of aryl methyl sites for hydroxylation is 2. The number of hydrogen-bond donors (Lipinski definition) is 0. The maximum atomic E-state index is 6.10. The second-order valence-electron chi connectivity index (χ2n) is 4.54. The van der Waals surface area contributed by atoms with E-state index < -0.39 is 0 Å². The number of fused-ring (bicyclic) bond motifs is 1. The Hall–Kier alpha value is -1.30. The van der Waals surface area contributed by atoms with Crippen molar-refractivity contribution < 1.29 is 4.52 Å². The average molecular weight is 346 g/mol. The minimum Gasteiger partial charge on any atom is -0.337 e. The van der Waals surface area contributed by atoms with Crippen LogP contribution < -0.4 is 0 Å². The predicted octanol–water partition coefficient (Wildman–Crippen LogP) is 3.86. The fourth-order valence-electron chi connectivity index (χ4n) is 2.16. The molecule has 2 heterocycles. The summed E-state index contributed by atoms with van der Waals surface area (Å²) in [5, 5.41) is 4.74. The third-order valence-corrected chi connectivity index (χ3v) is 3.96. The number of rotatable bonds is 4. The van der Waals surface area contributed by atoms with Gasteiger partial charge in [-0.2, -0.15) is 4.98 Å². The van der Waals surface area contributed by atoms with Gasteiger partial charge in [0.05, 0.1) is 21.1 Å². The molecule has 2 aromatic heterocycles. The maximum Gasteiger partial charge on any atom is 0.246 e. The zero-order valence-electron chi connectivity index (χ0n) is 11.1. The zero-order valence-corrected chi connectivity index (χ0v) is 13.4. The van der Waals surface area contributed by atoms with Crippen molar-refractivity contribution in [1.82, 2.24) is 19.7 Å². The Bertz CT molecular complexity index is 796. The van der Waals surface area contributed by atoms with Crippen molar-refractivity contribution in [3.63, 3.8) is 0 Å². The number of hydrogen-bond acceptors (Lipinski definition) is 4. The van der Waals surface area contributed by atoms with Crippen LogP contribution in [0.3, 0.4) is 0 Å². The summed E-state index contributed by atoms with van der Waals surface area (Å²) in [4.78, 5) is 8.77. The van der Waals surface area contributed by atoms with Gasteiger partial charge in [0.25, 0.3) is 0 Å². The number of alkyl halides is 1. The molecule has 0 aliphatic heterocycles. The lowest BCUT2D eigenvalue weighted by atomic mass is 10.3.